The van der Waals surface area contributed by atoms with Crippen LogP contribution in [0.1, 0.15) is 25.0 Å². The molecule has 1 aromatic carbocycles. The van der Waals surface area contributed by atoms with Gasteiger partial charge < -0.3 is 10.6 Å². The molecular weight excluding hydrogens is 228 g/mol. The first-order chi connectivity index (χ1) is 8.10. The van der Waals surface area contributed by atoms with Crippen molar-refractivity contribution in [3.05, 3.63) is 29.3 Å². The molecule has 2 atom stereocenters. The molecule has 3 heteroatoms. The number of hydrogen-bond donors (Lipinski definition) is 1. The summed E-state index contributed by atoms with van der Waals surface area (Å²) in [4.78, 5) is 2.50. The predicted molar refractivity (Wildman–Crippen MR) is 77.8 cm³/mol. The number of hydrogen-bond acceptors (Lipinski definition) is 3. The summed E-state index contributed by atoms with van der Waals surface area (Å²) in [6.07, 6.45) is 0. The summed E-state index contributed by atoms with van der Waals surface area (Å²) in [7, 11) is 0. The third-order valence-corrected chi connectivity index (χ3v) is 4.56. The summed E-state index contributed by atoms with van der Waals surface area (Å²) < 4.78 is 0. The van der Waals surface area contributed by atoms with Crippen molar-refractivity contribution in [1.82, 2.24) is 0 Å². The quantitative estimate of drug-likeness (QED) is 0.875. The second kappa shape index (κ2) is 5.32. The van der Waals surface area contributed by atoms with Gasteiger partial charge in [0.05, 0.1) is 0 Å². The molecule has 0 bridgehead atoms. The molecule has 1 fully saturated rings. The molecule has 2 nitrogen and oxygen atoms in total. The van der Waals surface area contributed by atoms with Gasteiger partial charge in [0.25, 0.3) is 0 Å². The fourth-order valence-electron chi connectivity index (χ4n) is 2.49. The number of anilines is 1. The van der Waals surface area contributed by atoms with E-state index in [-0.39, 0.29) is 0 Å². The lowest BCUT2D eigenvalue weighted by atomic mass is 10.1. The van der Waals surface area contributed by atoms with Gasteiger partial charge in [0, 0.05) is 35.8 Å². The summed E-state index contributed by atoms with van der Waals surface area (Å²) in [5.41, 5.74) is 9.61. The zero-order valence-electron chi connectivity index (χ0n) is 10.9. The van der Waals surface area contributed by atoms with Gasteiger partial charge in [0.2, 0.25) is 0 Å². The van der Waals surface area contributed by atoms with Crippen molar-refractivity contribution in [3.63, 3.8) is 0 Å². The predicted octanol–water partition coefficient (Wildman–Crippen LogP) is 2.78. The van der Waals surface area contributed by atoms with E-state index in [0.717, 1.165) is 13.1 Å². The Hall–Kier alpha value is -0.670. The lowest BCUT2D eigenvalue weighted by Crippen LogP contribution is -2.40. The molecule has 17 heavy (non-hydrogen) atoms. The maximum atomic E-state index is 5.71. The number of nitrogens with zero attached hydrogens (tertiary/aromatic N) is 1. The van der Waals surface area contributed by atoms with E-state index in [4.69, 9.17) is 5.73 Å². The number of thioether (sulfide) groups is 1. The van der Waals surface area contributed by atoms with Crippen LogP contribution in [-0.2, 0) is 6.54 Å². The highest BCUT2D eigenvalue weighted by Gasteiger charge is 2.22. The minimum Gasteiger partial charge on any atom is -0.369 e. The molecule has 2 N–H and O–H groups in total. The van der Waals surface area contributed by atoms with E-state index in [1.165, 1.54) is 16.8 Å². The average Bonchev–Trinajstić information content (AvgIpc) is 2.27. The molecule has 1 saturated heterocycles. The second-order valence-electron chi connectivity index (χ2n) is 4.98. The Morgan fingerprint density at radius 2 is 1.94 bits per heavy atom. The smallest absolute Gasteiger partial charge is 0.0369 e. The van der Waals surface area contributed by atoms with Gasteiger partial charge in [-0.15, -0.1) is 0 Å². The second-order valence-corrected chi connectivity index (χ2v) is 6.86. The van der Waals surface area contributed by atoms with Crippen LogP contribution in [0.2, 0.25) is 0 Å². The number of rotatable bonds is 2. The first kappa shape index (κ1) is 12.8. The van der Waals surface area contributed by atoms with E-state index in [0.29, 0.717) is 17.0 Å². The van der Waals surface area contributed by atoms with E-state index in [1.807, 2.05) is 0 Å². The molecule has 2 rings (SSSR count). The van der Waals surface area contributed by atoms with Gasteiger partial charge in [-0.3, -0.25) is 0 Å². The molecule has 0 radical (unpaired) electrons. The lowest BCUT2D eigenvalue weighted by molar-refractivity contribution is 0.728. The van der Waals surface area contributed by atoms with Crippen molar-refractivity contribution in [3.8, 4) is 0 Å². The van der Waals surface area contributed by atoms with Crippen molar-refractivity contribution >= 4 is 17.4 Å². The van der Waals surface area contributed by atoms with Crippen molar-refractivity contribution in [2.75, 3.05) is 18.0 Å². The molecule has 1 aliphatic heterocycles. The molecule has 1 aliphatic rings. The Kier molecular flexibility index (Phi) is 4.00. The van der Waals surface area contributed by atoms with Gasteiger partial charge in [-0.05, 0) is 30.2 Å². The largest absolute Gasteiger partial charge is 0.369 e. The van der Waals surface area contributed by atoms with E-state index >= 15 is 0 Å². The Morgan fingerprint density at radius 1 is 1.29 bits per heavy atom. The first-order valence-corrected chi connectivity index (χ1v) is 7.24. The maximum Gasteiger partial charge on any atom is 0.0369 e. The monoisotopic (exact) mass is 250 g/mol. The van der Waals surface area contributed by atoms with Crippen LogP contribution in [0.3, 0.4) is 0 Å². The molecule has 0 aliphatic carbocycles. The zero-order valence-corrected chi connectivity index (χ0v) is 11.8. The Labute approximate surface area is 109 Å². The fraction of sp³-hybridized carbons (Fsp3) is 0.571. The van der Waals surface area contributed by atoms with Crippen LogP contribution < -0.4 is 10.6 Å². The van der Waals surface area contributed by atoms with Gasteiger partial charge >= 0.3 is 0 Å². The SMILES string of the molecule is Cc1cc(N2CC(C)SC(C)C2)ccc1CN. The summed E-state index contributed by atoms with van der Waals surface area (Å²) in [6.45, 7) is 9.71. The van der Waals surface area contributed by atoms with Crippen LogP contribution in [-0.4, -0.2) is 23.6 Å². The standard InChI is InChI=1S/C14H22N2S/c1-10-6-14(5-4-13(10)7-15)16-8-11(2)17-12(3)9-16/h4-6,11-12H,7-9,15H2,1-3H3. The minimum absolute atomic E-state index is 0.634. The van der Waals surface area contributed by atoms with Crippen LogP contribution in [0.5, 0.6) is 0 Å². The highest BCUT2D eigenvalue weighted by Crippen LogP contribution is 2.29. The van der Waals surface area contributed by atoms with Gasteiger partial charge in [0.15, 0.2) is 0 Å². The number of nitrogens with two attached hydrogens (primary N) is 1. The Morgan fingerprint density at radius 3 is 2.47 bits per heavy atom. The van der Waals surface area contributed by atoms with E-state index in [9.17, 15) is 0 Å². The van der Waals surface area contributed by atoms with Crippen molar-refractivity contribution in [1.29, 1.82) is 0 Å². The number of benzene rings is 1. The molecule has 0 aromatic heterocycles. The third kappa shape index (κ3) is 2.96. The average molecular weight is 250 g/mol. The highest BCUT2D eigenvalue weighted by molar-refractivity contribution is 8.00. The summed E-state index contributed by atoms with van der Waals surface area (Å²) in [5, 5.41) is 1.43. The normalized spacial score (nSPS) is 25.1. The van der Waals surface area contributed by atoms with Crippen molar-refractivity contribution in [2.24, 2.45) is 5.73 Å². The minimum atomic E-state index is 0.634. The molecular formula is C14H22N2S. The molecule has 1 heterocycles. The molecule has 2 unspecified atom stereocenters. The third-order valence-electron chi connectivity index (χ3n) is 3.33. The van der Waals surface area contributed by atoms with Gasteiger partial charge in [0.1, 0.15) is 0 Å². The summed E-state index contributed by atoms with van der Waals surface area (Å²) in [6, 6.07) is 6.66. The lowest BCUT2D eigenvalue weighted by Gasteiger charge is -2.36. The molecule has 0 spiro atoms. The summed E-state index contributed by atoms with van der Waals surface area (Å²) in [5.74, 6) is 0. The van der Waals surface area contributed by atoms with Crippen LogP contribution >= 0.6 is 11.8 Å². The van der Waals surface area contributed by atoms with Crippen molar-refractivity contribution < 1.29 is 0 Å². The fourth-order valence-corrected chi connectivity index (χ4v) is 3.82. The van der Waals surface area contributed by atoms with Crippen LogP contribution in [0.15, 0.2) is 18.2 Å². The zero-order chi connectivity index (χ0) is 12.4. The van der Waals surface area contributed by atoms with Crippen LogP contribution in [0, 0.1) is 6.92 Å². The Balaban J connectivity index is 2.19. The summed E-state index contributed by atoms with van der Waals surface area (Å²) >= 11 is 2.09. The highest BCUT2D eigenvalue weighted by atomic mass is 32.2. The molecule has 94 valence electrons. The topological polar surface area (TPSA) is 29.3 Å². The maximum absolute atomic E-state index is 5.71. The van der Waals surface area contributed by atoms with Gasteiger partial charge in [-0.1, -0.05) is 19.9 Å². The van der Waals surface area contributed by atoms with Gasteiger partial charge in [-0.25, -0.2) is 0 Å². The van der Waals surface area contributed by atoms with Crippen LogP contribution in [0.25, 0.3) is 0 Å². The van der Waals surface area contributed by atoms with Crippen LogP contribution in [0.4, 0.5) is 5.69 Å². The van der Waals surface area contributed by atoms with Gasteiger partial charge in [-0.2, -0.15) is 11.8 Å². The van der Waals surface area contributed by atoms with Crippen molar-refractivity contribution in [2.45, 2.75) is 37.8 Å². The first-order valence-electron chi connectivity index (χ1n) is 6.30. The van der Waals surface area contributed by atoms with E-state index < -0.39 is 0 Å². The van der Waals surface area contributed by atoms with E-state index in [2.05, 4.69) is 55.6 Å². The molecule has 0 amide bonds. The molecule has 0 saturated carbocycles. The van der Waals surface area contributed by atoms with E-state index in [1.54, 1.807) is 0 Å². The number of aryl methyl sites for hydroxylation is 1. The Bertz CT molecular complexity index is 382. The molecule has 1 aromatic rings.